The van der Waals surface area contributed by atoms with Crippen molar-refractivity contribution in [3.63, 3.8) is 0 Å². The van der Waals surface area contributed by atoms with Gasteiger partial charge in [0, 0.05) is 9.13 Å². The normalized spacial score (nSPS) is 10.9. The van der Waals surface area contributed by atoms with Crippen LogP contribution in [0.3, 0.4) is 0 Å². The molecule has 5 nitrogen and oxygen atoms in total. The van der Waals surface area contributed by atoms with Crippen molar-refractivity contribution in [1.82, 2.24) is 9.97 Å². The largest absolute Gasteiger partial charge is 0.508 e. The van der Waals surface area contributed by atoms with E-state index in [9.17, 15) is 9.90 Å². The van der Waals surface area contributed by atoms with Crippen LogP contribution in [0.4, 0.5) is 5.82 Å². The van der Waals surface area contributed by atoms with Gasteiger partial charge in [-0.1, -0.05) is 26.0 Å². The fraction of sp³-hybridized carbons (Fsp3) is 0.227. The average molecular weight is 487 g/mol. The zero-order valence-electron chi connectivity index (χ0n) is 15.8. The summed E-state index contributed by atoms with van der Waals surface area (Å²) >= 11 is 2.24. The van der Waals surface area contributed by atoms with Crippen LogP contribution in [-0.2, 0) is 17.6 Å². The molecule has 3 rings (SSSR count). The van der Waals surface area contributed by atoms with Gasteiger partial charge in [0.15, 0.2) is 5.82 Å². The van der Waals surface area contributed by atoms with E-state index < -0.39 is 0 Å². The number of phenols is 1. The second-order valence-electron chi connectivity index (χ2n) is 7.05. The third kappa shape index (κ3) is 5.51. The van der Waals surface area contributed by atoms with Gasteiger partial charge in [-0.25, -0.2) is 9.97 Å². The average Bonchev–Trinajstić information content (AvgIpc) is 2.65. The van der Waals surface area contributed by atoms with Crippen molar-refractivity contribution in [2.24, 2.45) is 5.92 Å². The summed E-state index contributed by atoms with van der Waals surface area (Å²) in [5.41, 5.74) is 3.30. The van der Waals surface area contributed by atoms with Gasteiger partial charge in [0.2, 0.25) is 5.91 Å². The maximum atomic E-state index is 12.5. The Morgan fingerprint density at radius 2 is 1.79 bits per heavy atom. The topological polar surface area (TPSA) is 75.1 Å². The molecule has 0 saturated carbocycles. The third-order valence-electron chi connectivity index (χ3n) is 4.15. The number of rotatable bonds is 6. The summed E-state index contributed by atoms with van der Waals surface area (Å²) in [5.74, 6) is 0.972. The van der Waals surface area contributed by atoms with Crippen LogP contribution in [0.25, 0.3) is 11.3 Å². The Morgan fingerprint density at radius 1 is 1.11 bits per heavy atom. The first-order valence-electron chi connectivity index (χ1n) is 9.10. The molecule has 0 bridgehead atoms. The zero-order chi connectivity index (χ0) is 20.1. The number of halogens is 1. The predicted molar refractivity (Wildman–Crippen MR) is 119 cm³/mol. The molecule has 0 unspecified atom stereocenters. The van der Waals surface area contributed by atoms with E-state index in [1.54, 1.807) is 30.5 Å². The number of aromatic nitrogens is 2. The SMILES string of the molecule is CC(C)Cc1nc(-c2ccc(O)cc2)cnc1NC(=O)Cc1ccc(I)cc1. The highest BCUT2D eigenvalue weighted by Gasteiger charge is 2.14. The zero-order valence-corrected chi connectivity index (χ0v) is 18.0. The predicted octanol–water partition coefficient (Wildman–Crippen LogP) is 4.83. The van der Waals surface area contributed by atoms with Gasteiger partial charge in [-0.3, -0.25) is 4.79 Å². The Morgan fingerprint density at radius 3 is 2.43 bits per heavy atom. The fourth-order valence-electron chi connectivity index (χ4n) is 2.80. The molecule has 144 valence electrons. The van der Waals surface area contributed by atoms with Gasteiger partial charge in [0.25, 0.3) is 0 Å². The summed E-state index contributed by atoms with van der Waals surface area (Å²) in [6.45, 7) is 4.21. The van der Waals surface area contributed by atoms with Crippen LogP contribution in [0.1, 0.15) is 25.1 Å². The molecule has 2 aromatic carbocycles. The lowest BCUT2D eigenvalue weighted by atomic mass is 10.1. The van der Waals surface area contributed by atoms with Crippen molar-refractivity contribution < 1.29 is 9.90 Å². The minimum atomic E-state index is -0.113. The summed E-state index contributed by atoms with van der Waals surface area (Å²) in [6, 6.07) is 14.7. The van der Waals surface area contributed by atoms with E-state index in [-0.39, 0.29) is 11.7 Å². The summed E-state index contributed by atoms with van der Waals surface area (Å²) in [4.78, 5) is 21.7. The molecule has 2 N–H and O–H groups in total. The Bertz CT molecular complexity index is 955. The van der Waals surface area contributed by atoms with Crippen molar-refractivity contribution in [1.29, 1.82) is 0 Å². The molecule has 1 aromatic heterocycles. The van der Waals surface area contributed by atoms with Crippen molar-refractivity contribution in [3.05, 3.63) is 69.6 Å². The number of aromatic hydroxyl groups is 1. The summed E-state index contributed by atoms with van der Waals surface area (Å²) in [6.07, 6.45) is 2.65. The van der Waals surface area contributed by atoms with Crippen LogP contribution < -0.4 is 5.32 Å². The standard InChI is InChI=1S/C22H22IN3O2/c1-14(2)11-19-22(26-21(28)12-15-3-7-17(23)8-4-15)24-13-20(25-19)16-5-9-18(27)10-6-16/h3-10,13-14,27H,11-12H2,1-2H3,(H,24,26,28). The molecule has 3 aromatic rings. The maximum absolute atomic E-state index is 12.5. The van der Waals surface area contributed by atoms with Gasteiger partial charge in [-0.05, 0) is 76.9 Å². The number of carbonyl (C=O) groups excluding carboxylic acids is 1. The molecule has 28 heavy (non-hydrogen) atoms. The van der Waals surface area contributed by atoms with Gasteiger partial charge in [0.1, 0.15) is 5.75 Å². The molecule has 6 heteroatoms. The number of amides is 1. The van der Waals surface area contributed by atoms with Gasteiger partial charge >= 0.3 is 0 Å². The molecule has 1 amide bonds. The van der Waals surface area contributed by atoms with E-state index in [0.29, 0.717) is 30.3 Å². The minimum Gasteiger partial charge on any atom is -0.508 e. The first kappa shape index (κ1) is 20.3. The lowest BCUT2D eigenvalue weighted by molar-refractivity contribution is -0.115. The quantitative estimate of drug-likeness (QED) is 0.489. The molecule has 0 saturated heterocycles. The summed E-state index contributed by atoms with van der Waals surface area (Å²) in [5, 5.41) is 12.4. The van der Waals surface area contributed by atoms with Crippen molar-refractivity contribution in [2.45, 2.75) is 26.7 Å². The number of phenolic OH excluding ortho intramolecular Hbond substituents is 1. The van der Waals surface area contributed by atoms with Crippen LogP contribution in [0.2, 0.25) is 0 Å². The second kappa shape index (κ2) is 9.14. The maximum Gasteiger partial charge on any atom is 0.229 e. The Kier molecular flexibility index (Phi) is 6.61. The fourth-order valence-corrected chi connectivity index (χ4v) is 3.16. The van der Waals surface area contributed by atoms with Gasteiger partial charge in [0.05, 0.1) is 24.0 Å². The second-order valence-corrected chi connectivity index (χ2v) is 8.29. The van der Waals surface area contributed by atoms with Crippen LogP contribution >= 0.6 is 22.6 Å². The van der Waals surface area contributed by atoms with Gasteiger partial charge < -0.3 is 10.4 Å². The Labute approximate surface area is 178 Å². The van der Waals surface area contributed by atoms with Crippen molar-refractivity contribution in [3.8, 4) is 17.0 Å². The number of hydrogen-bond acceptors (Lipinski definition) is 4. The molecule has 0 fully saturated rings. The highest BCUT2D eigenvalue weighted by Crippen LogP contribution is 2.23. The monoisotopic (exact) mass is 487 g/mol. The van der Waals surface area contributed by atoms with E-state index in [1.807, 2.05) is 24.3 Å². The first-order valence-corrected chi connectivity index (χ1v) is 10.2. The number of nitrogens with one attached hydrogen (secondary N) is 1. The van der Waals surface area contributed by atoms with Crippen LogP contribution in [0, 0.1) is 9.49 Å². The molecule has 0 radical (unpaired) electrons. The van der Waals surface area contributed by atoms with Crippen LogP contribution in [0.15, 0.2) is 54.7 Å². The Balaban J connectivity index is 1.81. The highest BCUT2D eigenvalue weighted by atomic mass is 127. The highest BCUT2D eigenvalue weighted by molar-refractivity contribution is 14.1. The summed E-state index contributed by atoms with van der Waals surface area (Å²) < 4.78 is 1.14. The van der Waals surface area contributed by atoms with Crippen LogP contribution in [-0.4, -0.2) is 21.0 Å². The van der Waals surface area contributed by atoms with Crippen molar-refractivity contribution >= 4 is 34.3 Å². The van der Waals surface area contributed by atoms with Gasteiger partial charge in [-0.15, -0.1) is 0 Å². The molecular weight excluding hydrogens is 465 g/mol. The minimum absolute atomic E-state index is 0.113. The van der Waals surface area contributed by atoms with E-state index in [4.69, 9.17) is 4.98 Å². The van der Waals surface area contributed by atoms with E-state index in [0.717, 1.165) is 20.4 Å². The number of benzene rings is 2. The van der Waals surface area contributed by atoms with Crippen LogP contribution in [0.5, 0.6) is 5.75 Å². The smallest absolute Gasteiger partial charge is 0.229 e. The van der Waals surface area contributed by atoms with E-state index in [2.05, 4.69) is 46.7 Å². The first-order chi connectivity index (χ1) is 13.4. The number of nitrogens with zero attached hydrogens (tertiary/aromatic N) is 2. The number of anilines is 1. The van der Waals surface area contributed by atoms with Gasteiger partial charge in [-0.2, -0.15) is 0 Å². The molecule has 0 spiro atoms. The molecule has 0 atom stereocenters. The Hall–Kier alpha value is -2.48. The molecule has 1 heterocycles. The molecular formula is C22H22IN3O2. The third-order valence-corrected chi connectivity index (χ3v) is 4.86. The lowest BCUT2D eigenvalue weighted by Gasteiger charge is -2.13. The van der Waals surface area contributed by atoms with E-state index >= 15 is 0 Å². The molecule has 0 aliphatic rings. The van der Waals surface area contributed by atoms with E-state index in [1.165, 1.54) is 0 Å². The number of carbonyl (C=O) groups is 1. The lowest BCUT2D eigenvalue weighted by Crippen LogP contribution is -2.18. The molecule has 0 aliphatic heterocycles. The number of hydrogen-bond donors (Lipinski definition) is 2. The molecule has 0 aliphatic carbocycles. The van der Waals surface area contributed by atoms with Crippen molar-refractivity contribution in [2.75, 3.05) is 5.32 Å². The summed E-state index contributed by atoms with van der Waals surface area (Å²) in [7, 11) is 0.